The second-order valence-electron chi connectivity index (χ2n) is 4.07. The van der Waals surface area contributed by atoms with E-state index in [1.165, 1.54) is 5.56 Å². The van der Waals surface area contributed by atoms with E-state index in [1.54, 1.807) is 0 Å². The first-order valence-electron chi connectivity index (χ1n) is 5.50. The van der Waals surface area contributed by atoms with E-state index in [4.69, 9.17) is 12.2 Å². The highest BCUT2D eigenvalue weighted by molar-refractivity contribution is 7.71. The Morgan fingerprint density at radius 2 is 2.29 bits per heavy atom. The topological polar surface area (TPSA) is 33.6 Å². The summed E-state index contributed by atoms with van der Waals surface area (Å²) in [5.41, 5.74) is 2.26. The molecule has 4 heteroatoms. The van der Waals surface area contributed by atoms with Crippen molar-refractivity contribution in [1.82, 2.24) is 14.8 Å². The van der Waals surface area contributed by atoms with Gasteiger partial charge < -0.3 is 0 Å². The van der Waals surface area contributed by atoms with Crippen LogP contribution in [-0.4, -0.2) is 14.8 Å². The Morgan fingerprint density at radius 1 is 1.53 bits per heavy atom. The Balaban J connectivity index is 2.60. The molecule has 1 aromatic heterocycles. The van der Waals surface area contributed by atoms with Gasteiger partial charge in [-0.25, -0.2) is 0 Å². The van der Waals surface area contributed by atoms with Crippen LogP contribution in [0.5, 0.6) is 0 Å². The average Bonchev–Trinajstić information content (AvgIpc) is 2.70. The zero-order valence-electron chi connectivity index (χ0n) is 9.97. The molecule has 1 unspecified atom stereocenters. The summed E-state index contributed by atoms with van der Waals surface area (Å²) in [5.74, 6) is 0.853. The maximum Gasteiger partial charge on any atom is 0.195 e. The van der Waals surface area contributed by atoms with Crippen molar-refractivity contribution in [2.75, 3.05) is 0 Å². The van der Waals surface area contributed by atoms with Gasteiger partial charge in [-0.05, 0) is 32.1 Å². The summed E-state index contributed by atoms with van der Waals surface area (Å²) in [6.45, 7) is 7.90. The minimum atomic E-state index is 0.122. The maximum atomic E-state index is 5.25. The molecular formula is C13H15N3S. The van der Waals surface area contributed by atoms with Crippen molar-refractivity contribution in [2.24, 2.45) is 0 Å². The van der Waals surface area contributed by atoms with E-state index in [0.717, 1.165) is 11.4 Å². The molecule has 0 spiro atoms. The number of H-pyrrole nitrogens is 1. The highest BCUT2D eigenvalue weighted by Crippen LogP contribution is 2.22. The van der Waals surface area contributed by atoms with Crippen molar-refractivity contribution in [3.63, 3.8) is 0 Å². The van der Waals surface area contributed by atoms with Crippen LogP contribution in [0.1, 0.15) is 18.5 Å². The summed E-state index contributed by atoms with van der Waals surface area (Å²) >= 11 is 5.25. The van der Waals surface area contributed by atoms with Crippen molar-refractivity contribution in [3.05, 3.63) is 47.3 Å². The largest absolute Gasteiger partial charge is 0.293 e. The van der Waals surface area contributed by atoms with Crippen LogP contribution in [0.15, 0.2) is 36.9 Å². The summed E-state index contributed by atoms with van der Waals surface area (Å²) in [4.78, 5) is 0. The molecule has 1 atom stereocenters. The lowest BCUT2D eigenvalue weighted by atomic mass is 10.1. The summed E-state index contributed by atoms with van der Waals surface area (Å²) in [6, 6.07) is 8.33. The molecule has 17 heavy (non-hydrogen) atoms. The van der Waals surface area contributed by atoms with Crippen molar-refractivity contribution in [1.29, 1.82) is 0 Å². The Kier molecular flexibility index (Phi) is 3.24. The number of aromatic amines is 1. The molecule has 0 radical (unpaired) electrons. The first kappa shape index (κ1) is 11.8. The monoisotopic (exact) mass is 245 g/mol. The van der Waals surface area contributed by atoms with E-state index >= 15 is 0 Å². The number of nitrogens with one attached hydrogen (secondary N) is 1. The van der Waals surface area contributed by atoms with Crippen LogP contribution in [0, 0.1) is 11.7 Å². The van der Waals surface area contributed by atoms with E-state index in [9.17, 15) is 0 Å². The fraction of sp³-hybridized carbons (Fsp3) is 0.231. The molecule has 0 fully saturated rings. The number of rotatable bonds is 3. The number of hydrogen-bond acceptors (Lipinski definition) is 2. The zero-order chi connectivity index (χ0) is 12.4. The van der Waals surface area contributed by atoms with E-state index in [2.05, 4.69) is 35.8 Å². The lowest BCUT2D eigenvalue weighted by Crippen LogP contribution is -2.04. The summed E-state index contributed by atoms with van der Waals surface area (Å²) in [7, 11) is 0. The normalized spacial score (nSPS) is 12.4. The smallest absolute Gasteiger partial charge is 0.195 e. The van der Waals surface area contributed by atoms with E-state index in [0.29, 0.717) is 4.77 Å². The van der Waals surface area contributed by atoms with Gasteiger partial charge in [0.2, 0.25) is 0 Å². The van der Waals surface area contributed by atoms with Gasteiger partial charge in [-0.3, -0.25) is 9.67 Å². The van der Waals surface area contributed by atoms with Gasteiger partial charge in [-0.2, -0.15) is 5.10 Å². The van der Waals surface area contributed by atoms with E-state index in [-0.39, 0.29) is 6.04 Å². The van der Waals surface area contributed by atoms with Gasteiger partial charge in [0.25, 0.3) is 0 Å². The molecule has 2 aromatic rings. The number of allylic oxidation sites excluding steroid dienone is 1. The van der Waals surface area contributed by atoms with Crippen LogP contribution >= 0.6 is 12.2 Å². The lowest BCUT2D eigenvalue weighted by molar-refractivity contribution is 0.657. The van der Waals surface area contributed by atoms with E-state index in [1.807, 2.05) is 29.7 Å². The van der Waals surface area contributed by atoms with Crippen molar-refractivity contribution < 1.29 is 0 Å². The van der Waals surface area contributed by atoms with Crippen LogP contribution in [0.3, 0.4) is 0 Å². The molecule has 0 aliphatic heterocycles. The van der Waals surface area contributed by atoms with Gasteiger partial charge in [0.1, 0.15) is 0 Å². The van der Waals surface area contributed by atoms with Crippen LogP contribution in [0.25, 0.3) is 11.4 Å². The lowest BCUT2D eigenvalue weighted by Gasteiger charge is -2.11. The third kappa shape index (κ3) is 2.22. The van der Waals surface area contributed by atoms with Crippen LogP contribution in [-0.2, 0) is 0 Å². The minimum Gasteiger partial charge on any atom is -0.293 e. The Bertz CT molecular complexity index is 595. The predicted octanol–water partition coefficient (Wildman–Crippen LogP) is 3.66. The van der Waals surface area contributed by atoms with Gasteiger partial charge >= 0.3 is 0 Å². The molecule has 0 amide bonds. The highest BCUT2D eigenvalue weighted by Gasteiger charge is 2.11. The first-order chi connectivity index (χ1) is 8.13. The zero-order valence-corrected chi connectivity index (χ0v) is 10.8. The Labute approximate surface area is 106 Å². The molecule has 0 bridgehead atoms. The molecule has 3 nitrogen and oxygen atoms in total. The van der Waals surface area contributed by atoms with E-state index < -0.39 is 0 Å². The third-order valence-corrected chi connectivity index (χ3v) is 3.02. The molecule has 88 valence electrons. The molecule has 0 saturated heterocycles. The number of aromatic nitrogens is 3. The van der Waals surface area contributed by atoms with Gasteiger partial charge in [0.05, 0.1) is 6.04 Å². The number of benzene rings is 1. The average molecular weight is 245 g/mol. The molecule has 0 saturated carbocycles. The van der Waals surface area contributed by atoms with Crippen LogP contribution in [0.4, 0.5) is 0 Å². The van der Waals surface area contributed by atoms with Gasteiger partial charge in [0, 0.05) is 5.56 Å². The van der Waals surface area contributed by atoms with Crippen LogP contribution in [0.2, 0.25) is 0 Å². The molecule has 1 N–H and O–H groups in total. The second kappa shape index (κ2) is 4.67. The molecule has 0 aliphatic carbocycles. The third-order valence-electron chi connectivity index (χ3n) is 2.73. The molecule has 2 rings (SSSR count). The summed E-state index contributed by atoms with van der Waals surface area (Å²) < 4.78 is 2.59. The summed E-state index contributed by atoms with van der Waals surface area (Å²) in [5, 5.41) is 7.13. The Hall–Kier alpha value is -1.68. The molecule has 1 aromatic carbocycles. The fourth-order valence-electron chi connectivity index (χ4n) is 1.78. The van der Waals surface area contributed by atoms with Gasteiger partial charge in [-0.15, -0.1) is 6.58 Å². The van der Waals surface area contributed by atoms with Gasteiger partial charge in [-0.1, -0.05) is 29.8 Å². The van der Waals surface area contributed by atoms with Crippen molar-refractivity contribution in [3.8, 4) is 11.4 Å². The molecule has 1 heterocycles. The standard InChI is InChI=1S/C13H15N3S/c1-4-10(3)16-12(14-15-13(16)17)11-7-5-6-9(2)8-11/h4-8,10H,1H2,2-3H3,(H,15,17). The molecule has 0 aliphatic rings. The highest BCUT2D eigenvalue weighted by atomic mass is 32.1. The van der Waals surface area contributed by atoms with Gasteiger partial charge in [0.15, 0.2) is 10.6 Å². The number of aryl methyl sites for hydroxylation is 1. The predicted molar refractivity (Wildman–Crippen MR) is 72.5 cm³/mol. The number of hydrogen-bond donors (Lipinski definition) is 1. The van der Waals surface area contributed by atoms with Crippen LogP contribution < -0.4 is 0 Å². The summed E-state index contributed by atoms with van der Waals surface area (Å²) in [6.07, 6.45) is 1.85. The second-order valence-corrected chi connectivity index (χ2v) is 4.45. The van der Waals surface area contributed by atoms with Crippen molar-refractivity contribution in [2.45, 2.75) is 19.9 Å². The minimum absolute atomic E-state index is 0.122. The maximum absolute atomic E-state index is 5.25. The Morgan fingerprint density at radius 3 is 2.94 bits per heavy atom. The fourth-order valence-corrected chi connectivity index (χ4v) is 2.07. The van der Waals surface area contributed by atoms with Crippen molar-refractivity contribution >= 4 is 12.2 Å². The first-order valence-corrected chi connectivity index (χ1v) is 5.91. The quantitative estimate of drug-likeness (QED) is 0.661. The molecular weight excluding hydrogens is 230 g/mol. The SMILES string of the molecule is C=CC(C)n1c(-c2cccc(C)c2)n[nH]c1=S. The number of nitrogens with zero attached hydrogens (tertiary/aromatic N) is 2.